The second-order valence-electron chi connectivity index (χ2n) is 19.8. The van der Waals surface area contributed by atoms with Crippen molar-refractivity contribution < 1.29 is 50.9 Å². The number of aryl methyl sites for hydroxylation is 2. The molecule has 0 aromatic heterocycles. The number of carbonyl (C=O) groups excluding carboxylic acids is 3. The lowest BCUT2D eigenvalue weighted by molar-refractivity contribution is -0.344. The predicted octanol–water partition coefficient (Wildman–Crippen LogP) is 2.25. The van der Waals surface area contributed by atoms with Crippen LogP contribution in [0, 0.1) is 13.8 Å². The van der Waals surface area contributed by atoms with Gasteiger partial charge >= 0.3 is 12.4 Å². The SMILES string of the molecule is CC(=O)Nc1ccc2c(c1)[Si](C)(C)c1cc3c(cc1=C2c1ccccc1C)CC[N+]=3C.Cc1ccccc1C1=c2cc3c(cc2[Si](C)(C)c2cc(N)ccc21)=[N+](C)CC3.O=C([O-])C(F)(F)F.O=C([O-])C(F)(F)F. The van der Waals surface area contributed by atoms with Gasteiger partial charge in [-0.15, -0.1) is 0 Å². The lowest BCUT2D eigenvalue weighted by Gasteiger charge is -2.33. The zero-order valence-corrected chi connectivity index (χ0v) is 44.0. The van der Waals surface area contributed by atoms with E-state index < -0.39 is 40.4 Å². The van der Waals surface area contributed by atoms with Gasteiger partial charge in [0.1, 0.15) is 55.3 Å². The Balaban J connectivity index is 0.000000170. The number of carboxylic acids is 2. The van der Waals surface area contributed by atoms with Gasteiger partial charge in [0.05, 0.1) is 0 Å². The summed E-state index contributed by atoms with van der Waals surface area (Å²) in [7, 11) is 0.582. The second kappa shape index (κ2) is 20.1. The number of rotatable bonds is 3. The number of halogens is 6. The Morgan fingerprint density at radius 1 is 0.562 bits per heavy atom. The molecule has 4 aliphatic heterocycles. The van der Waals surface area contributed by atoms with E-state index in [1.54, 1.807) is 6.92 Å². The first kappa shape index (κ1) is 53.7. The van der Waals surface area contributed by atoms with E-state index in [0.717, 1.165) is 37.3 Å². The number of carbonyl (C=O) groups is 3. The molecule has 0 spiro atoms. The maximum absolute atomic E-state index is 11.7. The van der Waals surface area contributed by atoms with Crippen LogP contribution in [0.1, 0.15) is 51.4 Å². The molecule has 6 aromatic carbocycles. The minimum atomic E-state index is -5.19. The molecule has 4 aliphatic rings. The Kier molecular flexibility index (Phi) is 14.8. The van der Waals surface area contributed by atoms with Gasteiger partial charge in [0.15, 0.2) is 0 Å². The van der Waals surface area contributed by atoms with Crippen molar-refractivity contribution in [1.29, 1.82) is 0 Å². The van der Waals surface area contributed by atoms with Gasteiger partial charge < -0.3 is 30.9 Å². The number of aliphatic carboxylic acids is 2. The number of likely N-dealkylation sites (N-methyl/N-ethyl adjacent to an activating group) is 2. The average molecular weight is 1040 g/mol. The highest BCUT2D eigenvalue weighted by Crippen LogP contribution is 2.30. The van der Waals surface area contributed by atoms with E-state index in [1.807, 2.05) is 0 Å². The molecule has 4 heterocycles. The second-order valence-corrected chi connectivity index (χ2v) is 28.5. The maximum Gasteiger partial charge on any atom is 0.430 e. The summed E-state index contributed by atoms with van der Waals surface area (Å²) in [4.78, 5) is 29.3. The third kappa shape index (κ3) is 10.7. The number of fused-ring (bicyclic) bond motifs is 6. The molecular formula is C56H56F6N4O5Si2. The minimum Gasteiger partial charge on any atom is -0.542 e. The van der Waals surface area contributed by atoms with Crippen molar-refractivity contribution in [2.45, 2.75) is 72.2 Å². The summed E-state index contributed by atoms with van der Waals surface area (Å²) in [6, 6.07) is 40.4. The van der Waals surface area contributed by atoms with Crippen molar-refractivity contribution in [3.63, 3.8) is 0 Å². The Morgan fingerprint density at radius 3 is 1.33 bits per heavy atom. The first-order chi connectivity index (χ1) is 34.0. The van der Waals surface area contributed by atoms with E-state index in [0.29, 0.717) is 0 Å². The number of nitrogen functional groups attached to an aromatic ring is 1. The number of anilines is 2. The number of hydrogen-bond acceptors (Lipinski definition) is 6. The molecule has 0 radical (unpaired) electrons. The van der Waals surface area contributed by atoms with Crippen molar-refractivity contribution in [2.24, 2.45) is 0 Å². The van der Waals surface area contributed by atoms with Gasteiger partial charge in [0.25, 0.3) is 0 Å². The van der Waals surface area contributed by atoms with Crippen molar-refractivity contribution in [3.05, 3.63) is 175 Å². The van der Waals surface area contributed by atoms with Crippen LogP contribution in [0.25, 0.3) is 11.1 Å². The largest absolute Gasteiger partial charge is 0.542 e. The van der Waals surface area contributed by atoms with Crippen LogP contribution >= 0.6 is 0 Å². The molecule has 0 bridgehead atoms. The van der Waals surface area contributed by atoms with Crippen LogP contribution in [-0.4, -0.2) is 73.5 Å². The van der Waals surface area contributed by atoms with Crippen LogP contribution in [0.2, 0.25) is 26.2 Å². The summed E-state index contributed by atoms with van der Waals surface area (Å²) in [5, 5.41) is 32.1. The first-order valence-electron chi connectivity index (χ1n) is 23.6. The molecule has 0 aliphatic carbocycles. The third-order valence-corrected chi connectivity index (χ3v) is 21.2. The van der Waals surface area contributed by atoms with Crippen LogP contribution in [0.15, 0.2) is 109 Å². The lowest BCUT2D eigenvalue weighted by atomic mass is 9.91. The summed E-state index contributed by atoms with van der Waals surface area (Å²) in [6.07, 6.45) is -8.15. The Morgan fingerprint density at radius 2 is 0.945 bits per heavy atom. The minimum absolute atomic E-state index is 0.0295. The Bertz CT molecular complexity index is 3510. The first-order valence-corrected chi connectivity index (χ1v) is 29.6. The number of nitrogens with two attached hydrogens (primary N) is 1. The topological polar surface area (TPSA) is 141 Å². The van der Waals surface area contributed by atoms with Gasteiger partial charge in [-0.05, 0) is 126 Å². The summed E-state index contributed by atoms with van der Waals surface area (Å²) in [5.41, 5.74) is 21.6. The van der Waals surface area contributed by atoms with Crippen molar-refractivity contribution >= 4 is 77.3 Å². The number of carboxylic acid groups (broad SMARTS) is 2. The zero-order valence-electron chi connectivity index (χ0n) is 42.0. The fraction of sp³-hybridized carbons (Fsp3) is 0.268. The molecule has 1 amide bonds. The number of nitrogens with zero attached hydrogens (tertiary/aromatic N) is 2. The molecule has 0 unspecified atom stereocenters. The fourth-order valence-corrected chi connectivity index (χ4v) is 16.5. The van der Waals surface area contributed by atoms with E-state index in [9.17, 15) is 31.1 Å². The number of hydrogen-bond donors (Lipinski definition) is 2. The normalized spacial score (nSPS) is 15.3. The molecule has 0 saturated carbocycles. The van der Waals surface area contributed by atoms with E-state index in [1.165, 1.54) is 97.6 Å². The highest BCUT2D eigenvalue weighted by atomic mass is 28.3. The molecule has 3 N–H and O–H groups in total. The number of nitrogens with one attached hydrogen (secondary N) is 1. The average Bonchev–Trinajstić information content (AvgIpc) is 3.87. The summed E-state index contributed by atoms with van der Waals surface area (Å²) >= 11 is 0. The quantitative estimate of drug-likeness (QED) is 0.121. The van der Waals surface area contributed by atoms with E-state index >= 15 is 0 Å². The van der Waals surface area contributed by atoms with Crippen LogP contribution < -0.4 is 72.3 Å². The third-order valence-electron chi connectivity index (χ3n) is 14.1. The van der Waals surface area contributed by atoms with Gasteiger partial charge in [-0.2, -0.15) is 26.3 Å². The number of alkyl halides is 6. The van der Waals surface area contributed by atoms with Crippen molar-refractivity contribution in [2.75, 3.05) is 38.2 Å². The van der Waals surface area contributed by atoms with Crippen LogP contribution in [0.5, 0.6) is 0 Å². The predicted molar refractivity (Wildman–Crippen MR) is 276 cm³/mol. The molecule has 380 valence electrons. The smallest absolute Gasteiger partial charge is 0.430 e. The molecule has 10 rings (SSSR count). The number of amides is 1. The summed E-state index contributed by atoms with van der Waals surface area (Å²) in [6.45, 7) is 18.0. The molecule has 0 atom stereocenters. The van der Waals surface area contributed by atoms with E-state index in [4.69, 9.17) is 25.5 Å². The molecule has 6 aromatic rings. The Labute approximate surface area is 421 Å². The van der Waals surface area contributed by atoms with Crippen LogP contribution in [-0.2, 0) is 27.2 Å². The Hall–Kier alpha value is -7.12. The van der Waals surface area contributed by atoms with Crippen molar-refractivity contribution in [3.8, 4) is 0 Å². The highest BCUT2D eigenvalue weighted by molar-refractivity contribution is 7.02. The monoisotopic (exact) mass is 1030 g/mol. The van der Waals surface area contributed by atoms with E-state index in [-0.39, 0.29) is 5.91 Å². The molecule has 17 heteroatoms. The molecule has 73 heavy (non-hydrogen) atoms. The highest BCUT2D eigenvalue weighted by Gasteiger charge is 2.39. The fourth-order valence-electron chi connectivity index (χ4n) is 10.4. The van der Waals surface area contributed by atoms with Crippen LogP contribution in [0.4, 0.5) is 37.7 Å². The lowest BCUT2D eigenvalue weighted by Crippen LogP contribution is -2.63. The van der Waals surface area contributed by atoms with Gasteiger partial charge in [0.2, 0.25) is 16.6 Å². The molecule has 9 nitrogen and oxygen atoms in total. The van der Waals surface area contributed by atoms with Crippen LogP contribution in [0.3, 0.4) is 0 Å². The molecule has 0 fully saturated rings. The summed E-state index contributed by atoms with van der Waals surface area (Å²) < 4.78 is 67.9. The molecule has 0 saturated heterocycles. The van der Waals surface area contributed by atoms with Gasteiger partial charge in [-0.1, -0.05) is 86.9 Å². The zero-order chi connectivity index (χ0) is 53.7. The number of benzene rings is 6. The van der Waals surface area contributed by atoms with Gasteiger partial charge in [-0.25, -0.2) is 9.15 Å². The standard InChI is InChI=1S/C27H28N2OSi.C25H26N2Si.2C2HF3O2/c1-17-8-6-7-9-21(17)27-22-11-10-20(28-18(2)30)15-25(22)31(4,5)26-16-24-19(14-23(26)27)12-13-29(24)3;1-16-7-5-6-8-19(16)25-20-10-9-18(26)14-23(20)28(3,4)24-15-22-17(13-21(24)25)11-12-27(22)2;2*3-2(4,5)1(6)7/h6-11,14-16H,12-13H2,1-5H3;5-10,13-15,26H,11-12H2,1-4H3;2*(H,6,7). The maximum atomic E-state index is 11.7. The van der Waals surface area contributed by atoms with Gasteiger partial charge in [-0.3, -0.25) is 4.79 Å². The summed E-state index contributed by atoms with van der Waals surface area (Å²) in [5.74, 6) is -6.04. The molecular weight excluding hydrogens is 979 g/mol. The van der Waals surface area contributed by atoms with Crippen molar-refractivity contribution in [1.82, 2.24) is 9.15 Å². The van der Waals surface area contributed by atoms with E-state index in [2.05, 4.69) is 178 Å². The van der Waals surface area contributed by atoms with Gasteiger partial charge in [0, 0.05) is 54.4 Å².